The molecular weight excluding hydrogens is 107 g/mol. The minimum absolute atomic E-state index is 1.66. The zero-order valence-corrected chi connectivity index (χ0v) is 6.03. The Balaban J connectivity index is 3.56. The zero-order chi connectivity index (χ0) is 5.91. The van der Waals surface area contributed by atoms with E-state index in [0.717, 1.165) is 0 Å². The van der Waals surface area contributed by atoms with Crippen molar-refractivity contribution < 1.29 is 4.11 Å². The first-order valence-electron chi connectivity index (χ1n) is 2.39. The van der Waals surface area contributed by atoms with E-state index in [2.05, 4.69) is 0 Å². The van der Waals surface area contributed by atoms with Crippen LogP contribution in [0.4, 0.5) is 4.11 Å². The second-order valence-corrected chi connectivity index (χ2v) is 5.53. The summed E-state index contributed by atoms with van der Waals surface area (Å²) in [6.45, 7) is 5.16. The number of hydrogen-bond donors (Lipinski definition) is 0. The zero-order valence-electron chi connectivity index (χ0n) is 5.03. The monoisotopic (exact) mass is 118 g/mol. The fourth-order valence-corrected chi connectivity index (χ4v) is 1.19. The van der Waals surface area contributed by atoms with Crippen LogP contribution >= 0.6 is 0 Å². The fraction of sp³-hybridized carbons (Fsp3) is 0.600. The average molecular weight is 118 g/mol. The van der Waals surface area contributed by atoms with E-state index in [9.17, 15) is 4.11 Å². The minimum atomic E-state index is -2.34. The third-order valence-corrected chi connectivity index (χ3v) is 1.69. The van der Waals surface area contributed by atoms with Crippen molar-refractivity contribution in [1.29, 1.82) is 0 Å². The summed E-state index contributed by atoms with van der Waals surface area (Å²) in [4.78, 5) is 0. The predicted molar refractivity (Wildman–Crippen MR) is 33.4 cm³/mol. The van der Waals surface area contributed by atoms with Gasteiger partial charge in [-0.2, -0.15) is 0 Å². The van der Waals surface area contributed by atoms with Crippen molar-refractivity contribution in [2.75, 3.05) is 0 Å². The van der Waals surface area contributed by atoms with Gasteiger partial charge in [-0.25, -0.2) is 0 Å². The Morgan fingerprint density at radius 3 is 1.86 bits per heavy atom. The standard InChI is InChI=1S/C5H11FSi/c1-4-5-7(2,3)6/h4-5H,1-3H3/b5-4+. The van der Waals surface area contributed by atoms with E-state index in [0.29, 0.717) is 0 Å². The topological polar surface area (TPSA) is 0 Å². The molecule has 0 saturated carbocycles. The smallest absolute Gasteiger partial charge is 0.264 e. The van der Waals surface area contributed by atoms with Crippen LogP contribution in [0.15, 0.2) is 11.8 Å². The predicted octanol–water partition coefficient (Wildman–Crippen LogP) is 2.28. The van der Waals surface area contributed by atoms with Crippen LogP contribution in [0.5, 0.6) is 0 Å². The van der Waals surface area contributed by atoms with Gasteiger partial charge >= 0.3 is 0 Å². The lowest BCUT2D eigenvalue weighted by atomic mass is 10.8. The molecule has 0 heterocycles. The minimum Gasteiger partial charge on any atom is -0.309 e. The molecule has 0 unspecified atom stereocenters. The molecule has 0 aliphatic carbocycles. The van der Waals surface area contributed by atoms with Gasteiger partial charge in [0.1, 0.15) is 0 Å². The van der Waals surface area contributed by atoms with Crippen molar-refractivity contribution in [3.63, 3.8) is 0 Å². The summed E-state index contributed by atoms with van der Waals surface area (Å²) in [6.07, 6.45) is 1.77. The van der Waals surface area contributed by atoms with E-state index in [-0.39, 0.29) is 0 Å². The molecule has 0 aromatic heterocycles. The van der Waals surface area contributed by atoms with Crippen molar-refractivity contribution in [1.82, 2.24) is 0 Å². The van der Waals surface area contributed by atoms with Gasteiger partial charge < -0.3 is 4.11 Å². The molecule has 0 N–H and O–H groups in total. The molecule has 0 amide bonds. The average Bonchev–Trinajstić information content (AvgIpc) is 1.30. The van der Waals surface area contributed by atoms with Crippen LogP contribution in [0, 0.1) is 0 Å². The quantitative estimate of drug-likeness (QED) is 0.366. The van der Waals surface area contributed by atoms with Crippen molar-refractivity contribution in [3.05, 3.63) is 11.8 Å². The Bertz CT molecular complexity index is 70.6. The summed E-state index contributed by atoms with van der Waals surface area (Å²) in [5.74, 6) is 0. The van der Waals surface area contributed by atoms with Gasteiger partial charge in [0.05, 0.1) is 0 Å². The summed E-state index contributed by atoms with van der Waals surface area (Å²) in [5, 5.41) is 0. The van der Waals surface area contributed by atoms with Crippen LogP contribution in [0.25, 0.3) is 0 Å². The highest BCUT2D eigenvalue weighted by atomic mass is 28.4. The van der Waals surface area contributed by atoms with Crippen molar-refractivity contribution in [3.8, 4) is 0 Å². The van der Waals surface area contributed by atoms with Crippen molar-refractivity contribution in [2.45, 2.75) is 20.0 Å². The molecule has 0 saturated heterocycles. The van der Waals surface area contributed by atoms with Gasteiger partial charge in [0.25, 0.3) is 8.41 Å². The van der Waals surface area contributed by atoms with E-state index in [1.807, 2.05) is 6.92 Å². The molecule has 0 fully saturated rings. The van der Waals surface area contributed by atoms with Gasteiger partial charge in [0.15, 0.2) is 0 Å². The maximum Gasteiger partial charge on any atom is 0.264 e. The van der Waals surface area contributed by atoms with E-state index in [1.165, 1.54) is 0 Å². The molecule has 0 spiro atoms. The first-order chi connectivity index (χ1) is 3.06. The fourth-order valence-electron chi connectivity index (χ4n) is 0.396. The van der Waals surface area contributed by atoms with Crippen molar-refractivity contribution in [2.24, 2.45) is 0 Å². The number of halogens is 1. The first-order valence-corrected chi connectivity index (χ1v) is 5.34. The molecule has 0 atom stereocenters. The highest BCUT2D eigenvalue weighted by Crippen LogP contribution is 2.02. The second-order valence-electron chi connectivity index (χ2n) is 2.06. The van der Waals surface area contributed by atoms with Crippen LogP contribution in [-0.2, 0) is 0 Å². The first kappa shape index (κ1) is 6.89. The van der Waals surface area contributed by atoms with Gasteiger partial charge in [-0.1, -0.05) is 11.8 Å². The molecule has 0 rings (SSSR count). The van der Waals surface area contributed by atoms with Gasteiger partial charge in [-0.05, 0) is 20.0 Å². The number of hydrogen-bond acceptors (Lipinski definition) is 0. The molecule has 0 nitrogen and oxygen atoms in total. The van der Waals surface area contributed by atoms with E-state index < -0.39 is 8.41 Å². The lowest BCUT2D eigenvalue weighted by Crippen LogP contribution is -2.12. The van der Waals surface area contributed by atoms with Crippen LogP contribution in [-0.4, -0.2) is 8.41 Å². The molecule has 42 valence electrons. The normalized spacial score (nSPS) is 13.1. The summed E-state index contributed by atoms with van der Waals surface area (Å²) < 4.78 is 12.4. The SMILES string of the molecule is C/C=C/[Si](C)(C)F. The third kappa shape index (κ3) is 5.89. The third-order valence-electron chi connectivity index (χ3n) is 0.563. The van der Waals surface area contributed by atoms with Gasteiger partial charge in [-0.3, -0.25) is 0 Å². The molecule has 2 heteroatoms. The molecule has 0 aromatic rings. The van der Waals surface area contributed by atoms with E-state index in [1.54, 1.807) is 24.9 Å². The lowest BCUT2D eigenvalue weighted by molar-refractivity contribution is 0.820. The molecular formula is C5H11FSi. The Morgan fingerprint density at radius 2 is 1.86 bits per heavy atom. The molecule has 0 aromatic carbocycles. The summed E-state index contributed by atoms with van der Waals surface area (Å²) in [6, 6.07) is 0. The molecule has 7 heavy (non-hydrogen) atoms. The summed E-state index contributed by atoms with van der Waals surface area (Å²) in [7, 11) is -2.34. The highest BCUT2D eigenvalue weighted by Gasteiger charge is 2.13. The number of allylic oxidation sites excluding steroid dienone is 1. The molecule has 0 aliphatic heterocycles. The maximum atomic E-state index is 12.4. The lowest BCUT2D eigenvalue weighted by Gasteiger charge is -1.99. The van der Waals surface area contributed by atoms with Gasteiger partial charge in [0.2, 0.25) is 0 Å². The molecule has 0 aliphatic rings. The van der Waals surface area contributed by atoms with E-state index >= 15 is 0 Å². The maximum absolute atomic E-state index is 12.4. The summed E-state index contributed by atoms with van der Waals surface area (Å²) in [5.41, 5.74) is 1.66. The van der Waals surface area contributed by atoms with Crippen molar-refractivity contribution >= 4 is 8.41 Å². The molecule has 0 radical (unpaired) electrons. The second kappa shape index (κ2) is 2.26. The number of rotatable bonds is 1. The van der Waals surface area contributed by atoms with Crippen LogP contribution < -0.4 is 0 Å². The van der Waals surface area contributed by atoms with Gasteiger partial charge in [-0.15, -0.1) is 0 Å². The molecule has 0 bridgehead atoms. The Kier molecular flexibility index (Phi) is 2.22. The van der Waals surface area contributed by atoms with Crippen LogP contribution in [0.3, 0.4) is 0 Å². The van der Waals surface area contributed by atoms with Crippen LogP contribution in [0.1, 0.15) is 6.92 Å². The highest BCUT2D eigenvalue weighted by molar-refractivity contribution is 6.75. The Hall–Kier alpha value is -0.113. The largest absolute Gasteiger partial charge is 0.309 e. The van der Waals surface area contributed by atoms with E-state index in [4.69, 9.17) is 0 Å². The van der Waals surface area contributed by atoms with Crippen LogP contribution in [0.2, 0.25) is 13.1 Å². The Labute approximate surface area is 45.2 Å². The Morgan fingerprint density at radius 1 is 1.43 bits per heavy atom. The van der Waals surface area contributed by atoms with Gasteiger partial charge in [0, 0.05) is 0 Å². The summed E-state index contributed by atoms with van der Waals surface area (Å²) >= 11 is 0.